The van der Waals surface area contributed by atoms with Crippen LogP contribution in [0.25, 0.3) is 22.2 Å². The Morgan fingerprint density at radius 3 is 2.89 bits per heavy atom. The van der Waals surface area contributed by atoms with E-state index in [-0.39, 0.29) is 0 Å². The van der Waals surface area contributed by atoms with E-state index in [2.05, 4.69) is 15.6 Å². The van der Waals surface area contributed by atoms with E-state index in [9.17, 15) is 0 Å². The Bertz CT molecular complexity index is 724. The van der Waals surface area contributed by atoms with Gasteiger partial charge in [-0.1, -0.05) is 18.2 Å². The van der Waals surface area contributed by atoms with Crippen molar-refractivity contribution in [3.8, 4) is 11.3 Å². The molecule has 0 aliphatic rings. The van der Waals surface area contributed by atoms with Gasteiger partial charge in [0.05, 0.1) is 5.69 Å². The van der Waals surface area contributed by atoms with Crippen LogP contribution in [0.15, 0.2) is 34.9 Å². The average molecular weight is 255 g/mol. The van der Waals surface area contributed by atoms with Crippen molar-refractivity contribution < 1.29 is 4.42 Å². The molecule has 0 aliphatic carbocycles. The van der Waals surface area contributed by atoms with E-state index in [0.717, 1.165) is 40.2 Å². The number of furan rings is 1. The van der Waals surface area contributed by atoms with Crippen LogP contribution in [0.4, 0.5) is 0 Å². The largest absolute Gasteiger partial charge is 0.464 e. The molecule has 3 rings (SSSR count). The zero-order valence-electron chi connectivity index (χ0n) is 11.2. The zero-order valence-corrected chi connectivity index (χ0v) is 11.2. The fourth-order valence-electron chi connectivity index (χ4n) is 2.46. The smallest absolute Gasteiger partial charge is 0.134 e. The zero-order chi connectivity index (χ0) is 13.4. The third-order valence-corrected chi connectivity index (χ3v) is 3.55. The number of nitrogens with zero attached hydrogens (tertiary/aromatic N) is 2. The van der Waals surface area contributed by atoms with Gasteiger partial charge in [0.15, 0.2) is 0 Å². The van der Waals surface area contributed by atoms with E-state index in [0.29, 0.717) is 6.54 Å². The van der Waals surface area contributed by atoms with Crippen LogP contribution in [-0.2, 0) is 13.5 Å². The van der Waals surface area contributed by atoms with E-state index in [1.807, 2.05) is 32.2 Å². The maximum absolute atomic E-state index is 5.71. The summed E-state index contributed by atoms with van der Waals surface area (Å²) in [5, 5.41) is 1.10. The molecule has 0 bridgehead atoms. The number of nitrogens with two attached hydrogens (primary N) is 1. The molecule has 0 spiro atoms. The number of fused-ring (bicyclic) bond motifs is 1. The van der Waals surface area contributed by atoms with Gasteiger partial charge in [-0.2, -0.15) is 0 Å². The maximum Gasteiger partial charge on any atom is 0.134 e. The van der Waals surface area contributed by atoms with Crippen LogP contribution in [0, 0.1) is 6.92 Å². The van der Waals surface area contributed by atoms with Crippen LogP contribution in [0.1, 0.15) is 11.5 Å². The summed E-state index contributed by atoms with van der Waals surface area (Å²) in [5.74, 6) is 0.990. The number of rotatable bonds is 3. The number of imidazole rings is 1. The summed E-state index contributed by atoms with van der Waals surface area (Å²) in [6, 6.07) is 8.02. The van der Waals surface area contributed by atoms with Crippen molar-refractivity contribution in [3.05, 3.63) is 42.0 Å². The first-order chi connectivity index (χ1) is 9.22. The third-order valence-electron chi connectivity index (χ3n) is 3.55. The topological polar surface area (TPSA) is 57.0 Å². The molecule has 0 fully saturated rings. The Kier molecular flexibility index (Phi) is 2.87. The Balaban J connectivity index is 2.24. The fourth-order valence-corrected chi connectivity index (χ4v) is 2.46. The first kappa shape index (κ1) is 12.0. The second-order valence-electron chi connectivity index (χ2n) is 4.70. The Labute approximate surface area is 111 Å². The second-order valence-corrected chi connectivity index (χ2v) is 4.70. The minimum absolute atomic E-state index is 0.613. The first-order valence-corrected chi connectivity index (χ1v) is 6.41. The van der Waals surface area contributed by atoms with Gasteiger partial charge in [0.2, 0.25) is 0 Å². The molecule has 2 aromatic heterocycles. The standard InChI is InChI=1S/C15H17N3O/c1-10-17-15(13(7-8-16)18(10)2)12-9-19-14-6-4-3-5-11(12)14/h3-6,9H,7-8,16H2,1-2H3. The van der Waals surface area contributed by atoms with Gasteiger partial charge in [-0.15, -0.1) is 0 Å². The van der Waals surface area contributed by atoms with E-state index < -0.39 is 0 Å². The maximum atomic E-state index is 5.71. The minimum Gasteiger partial charge on any atom is -0.464 e. The lowest BCUT2D eigenvalue weighted by molar-refractivity contribution is 0.616. The molecule has 4 heteroatoms. The lowest BCUT2D eigenvalue weighted by Gasteiger charge is -2.04. The highest BCUT2D eigenvalue weighted by atomic mass is 16.3. The summed E-state index contributed by atoms with van der Waals surface area (Å²) in [5.41, 5.74) is 9.78. The predicted molar refractivity (Wildman–Crippen MR) is 75.9 cm³/mol. The van der Waals surface area contributed by atoms with Crippen LogP contribution >= 0.6 is 0 Å². The Morgan fingerprint density at radius 2 is 2.11 bits per heavy atom. The van der Waals surface area contributed by atoms with Crippen molar-refractivity contribution >= 4 is 11.0 Å². The summed E-state index contributed by atoms with van der Waals surface area (Å²) >= 11 is 0. The summed E-state index contributed by atoms with van der Waals surface area (Å²) in [7, 11) is 2.03. The number of para-hydroxylation sites is 1. The SMILES string of the molecule is Cc1nc(-c2coc3ccccc23)c(CCN)n1C. The van der Waals surface area contributed by atoms with E-state index >= 15 is 0 Å². The molecule has 0 saturated heterocycles. The summed E-state index contributed by atoms with van der Waals surface area (Å²) < 4.78 is 7.71. The number of aromatic nitrogens is 2. The molecule has 0 saturated carbocycles. The van der Waals surface area contributed by atoms with Crippen molar-refractivity contribution in [1.29, 1.82) is 0 Å². The van der Waals surface area contributed by atoms with Gasteiger partial charge in [-0.05, 0) is 19.5 Å². The Hall–Kier alpha value is -2.07. The van der Waals surface area contributed by atoms with Gasteiger partial charge in [-0.3, -0.25) is 0 Å². The van der Waals surface area contributed by atoms with E-state index in [1.54, 1.807) is 6.26 Å². The summed E-state index contributed by atoms with van der Waals surface area (Å²) in [6.07, 6.45) is 2.60. The molecule has 0 atom stereocenters. The lowest BCUT2D eigenvalue weighted by atomic mass is 10.1. The highest BCUT2D eigenvalue weighted by Crippen LogP contribution is 2.32. The van der Waals surface area contributed by atoms with Gasteiger partial charge >= 0.3 is 0 Å². The van der Waals surface area contributed by atoms with Gasteiger partial charge in [0.25, 0.3) is 0 Å². The number of benzene rings is 1. The number of hydrogen-bond acceptors (Lipinski definition) is 3. The van der Waals surface area contributed by atoms with Crippen LogP contribution < -0.4 is 5.73 Å². The molecule has 0 radical (unpaired) electrons. The second kappa shape index (κ2) is 4.55. The Morgan fingerprint density at radius 1 is 1.32 bits per heavy atom. The van der Waals surface area contributed by atoms with Crippen LogP contribution in [0.3, 0.4) is 0 Å². The average Bonchev–Trinajstić information content (AvgIpc) is 2.95. The highest BCUT2D eigenvalue weighted by molar-refractivity contribution is 5.93. The molecule has 1 aromatic carbocycles. The van der Waals surface area contributed by atoms with Crippen LogP contribution in [0.2, 0.25) is 0 Å². The number of hydrogen-bond donors (Lipinski definition) is 1. The monoisotopic (exact) mass is 255 g/mol. The van der Waals surface area contributed by atoms with Gasteiger partial charge in [0, 0.05) is 30.1 Å². The van der Waals surface area contributed by atoms with Crippen molar-refractivity contribution in [3.63, 3.8) is 0 Å². The van der Waals surface area contributed by atoms with Crippen molar-refractivity contribution in [1.82, 2.24) is 9.55 Å². The summed E-state index contributed by atoms with van der Waals surface area (Å²) in [6.45, 7) is 2.62. The molecule has 3 aromatic rings. The first-order valence-electron chi connectivity index (χ1n) is 6.41. The molecule has 0 aliphatic heterocycles. The normalized spacial score (nSPS) is 11.3. The molecule has 0 unspecified atom stereocenters. The molecule has 2 heterocycles. The van der Waals surface area contributed by atoms with Crippen LogP contribution in [-0.4, -0.2) is 16.1 Å². The van der Waals surface area contributed by atoms with E-state index in [4.69, 9.17) is 10.2 Å². The minimum atomic E-state index is 0.613. The molecular weight excluding hydrogens is 238 g/mol. The fraction of sp³-hybridized carbons (Fsp3) is 0.267. The van der Waals surface area contributed by atoms with Crippen LogP contribution in [0.5, 0.6) is 0 Å². The molecule has 2 N–H and O–H groups in total. The quantitative estimate of drug-likeness (QED) is 0.782. The van der Waals surface area contributed by atoms with Crippen molar-refractivity contribution in [2.75, 3.05) is 6.54 Å². The lowest BCUT2D eigenvalue weighted by Crippen LogP contribution is -2.08. The molecule has 98 valence electrons. The van der Waals surface area contributed by atoms with Gasteiger partial charge in [-0.25, -0.2) is 4.98 Å². The molecular formula is C15H17N3O. The molecule has 4 nitrogen and oxygen atoms in total. The predicted octanol–water partition coefficient (Wildman–Crippen LogP) is 2.64. The van der Waals surface area contributed by atoms with E-state index in [1.165, 1.54) is 0 Å². The van der Waals surface area contributed by atoms with Gasteiger partial charge < -0.3 is 14.7 Å². The summed E-state index contributed by atoms with van der Waals surface area (Å²) in [4.78, 5) is 4.67. The molecule has 19 heavy (non-hydrogen) atoms. The highest BCUT2D eigenvalue weighted by Gasteiger charge is 2.17. The van der Waals surface area contributed by atoms with Crippen molar-refractivity contribution in [2.24, 2.45) is 12.8 Å². The third kappa shape index (κ3) is 1.85. The molecule has 0 amide bonds. The van der Waals surface area contributed by atoms with Crippen molar-refractivity contribution in [2.45, 2.75) is 13.3 Å². The van der Waals surface area contributed by atoms with Gasteiger partial charge in [0.1, 0.15) is 17.7 Å². The number of aryl methyl sites for hydroxylation is 1.